The summed E-state index contributed by atoms with van der Waals surface area (Å²) >= 11 is 12.2. The molecule has 0 bridgehead atoms. The van der Waals surface area contributed by atoms with Gasteiger partial charge in [0.2, 0.25) is 11.8 Å². The highest BCUT2D eigenvalue weighted by Crippen LogP contribution is 2.24. The predicted octanol–water partition coefficient (Wildman–Crippen LogP) is 6.09. The van der Waals surface area contributed by atoms with Crippen LogP contribution in [0.5, 0.6) is 0 Å². The molecular weight excluding hydrogens is 467 g/mol. The standard InChI is InChI=1S/C28H30Cl2N2O2/c1-3-20(2)31-28(34)26(17-21-10-6-4-7-11-21)32(19-22-12-8-5-9-13-22)27(33)18-23-14-15-24(29)25(30)16-23/h4-16,20,26H,3,17-19H2,1-2H3,(H,31,34). The van der Waals surface area contributed by atoms with Gasteiger partial charge >= 0.3 is 0 Å². The molecule has 0 aliphatic heterocycles. The zero-order valence-electron chi connectivity index (χ0n) is 19.5. The topological polar surface area (TPSA) is 49.4 Å². The lowest BCUT2D eigenvalue weighted by atomic mass is 10.0. The predicted molar refractivity (Wildman–Crippen MR) is 139 cm³/mol. The molecule has 2 amide bonds. The molecule has 178 valence electrons. The van der Waals surface area contributed by atoms with Crippen LogP contribution < -0.4 is 5.32 Å². The Balaban J connectivity index is 1.96. The number of nitrogens with one attached hydrogen (secondary N) is 1. The lowest BCUT2D eigenvalue weighted by Crippen LogP contribution is -2.52. The number of carbonyl (C=O) groups excluding carboxylic acids is 2. The fourth-order valence-corrected chi connectivity index (χ4v) is 4.02. The summed E-state index contributed by atoms with van der Waals surface area (Å²) in [6.07, 6.45) is 1.34. The third-order valence-corrected chi connectivity index (χ3v) is 6.55. The zero-order valence-corrected chi connectivity index (χ0v) is 21.0. The third-order valence-electron chi connectivity index (χ3n) is 5.81. The molecule has 0 radical (unpaired) electrons. The maximum Gasteiger partial charge on any atom is 0.243 e. The molecule has 6 heteroatoms. The first-order valence-electron chi connectivity index (χ1n) is 11.5. The van der Waals surface area contributed by atoms with Gasteiger partial charge in [0, 0.05) is 19.0 Å². The highest BCUT2D eigenvalue weighted by Gasteiger charge is 2.31. The van der Waals surface area contributed by atoms with Gasteiger partial charge < -0.3 is 10.2 Å². The summed E-state index contributed by atoms with van der Waals surface area (Å²) in [5, 5.41) is 3.92. The van der Waals surface area contributed by atoms with E-state index in [1.165, 1.54) is 0 Å². The van der Waals surface area contributed by atoms with Crippen molar-refractivity contribution in [3.8, 4) is 0 Å². The number of hydrogen-bond acceptors (Lipinski definition) is 2. The van der Waals surface area contributed by atoms with Crippen molar-refractivity contribution in [1.29, 1.82) is 0 Å². The van der Waals surface area contributed by atoms with E-state index >= 15 is 0 Å². The lowest BCUT2D eigenvalue weighted by Gasteiger charge is -2.32. The van der Waals surface area contributed by atoms with Crippen molar-refractivity contribution in [1.82, 2.24) is 10.2 Å². The van der Waals surface area contributed by atoms with E-state index in [9.17, 15) is 9.59 Å². The van der Waals surface area contributed by atoms with Crippen molar-refractivity contribution in [3.05, 3.63) is 106 Å². The van der Waals surface area contributed by atoms with E-state index in [4.69, 9.17) is 23.2 Å². The average Bonchev–Trinajstić information content (AvgIpc) is 2.84. The minimum absolute atomic E-state index is 0.00882. The van der Waals surface area contributed by atoms with Crippen molar-refractivity contribution >= 4 is 35.0 Å². The molecule has 4 nitrogen and oxygen atoms in total. The number of carbonyl (C=O) groups is 2. The van der Waals surface area contributed by atoms with Gasteiger partial charge in [-0.15, -0.1) is 0 Å². The Kier molecular flexibility index (Phi) is 9.55. The van der Waals surface area contributed by atoms with Gasteiger partial charge in [0.25, 0.3) is 0 Å². The van der Waals surface area contributed by atoms with Gasteiger partial charge in [-0.25, -0.2) is 0 Å². The number of nitrogens with zero attached hydrogens (tertiary/aromatic N) is 1. The molecule has 1 N–H and O–H groups in total. The number of benzene rings is 3. The highest BCUT2D eigenvalue weighted by molar-refractivity contribution is 6.42. The first-order chi connectivity index (χ1) is 16.4. The van der Waals surface area contributed by atoms with Gasteiger partial charge in [0.1, 0.15) is 6.04 Å². The lowest BCUT2D eigenvalue weighted by molar-refractivity contribution is -0.141. The van der Waals surface area contributed by atoms with Crippen molar-refractivity contribution < 1.29 is 9.59 Å². The Bertz CT molecular complexity index is 1090. The molecule has 3 aromatic carbocycles. The molecule has 0 fully saturated rings. The molecule has 0 saturated heterocycles. The van der Waals surface area contributed by atoms with Crippen LogP contribution in [-0.4, -0.2) is 28.8 Å². The van der Waals surface area contributed by atoms with Gasteiger partial charge in [-0.05, 0) is 42.2 Å². The quantitative estimate of drug-likeness (QED) is 0.369. The normalized spacial score (nSPS) is 12.6. The Hall–Kier alpha value is -2.82. The van der Waals surface area contributed by atoms with Crippen LogP contribution in [0.15, 0.2) is 78.9 Å². The summed E-state index contributed by atoms with van der Waals surface area (Å²) in [6, 6.07) is 24.0. The maximum absolute atomic E-state index is 13.7. The van der Waals surface area contributed by atoms with Crippen molar-refractivity contribution in [3.63, 3.8) is 0 Å². The third kappa shape index (κ3) is 7.34. The van der Waals surface area contributed by atoms with Gasteiger partial charge in [0.15, 0.2) is 0 Å². The molecule has 34 heavy (non-hydrogen) atoms. The van der Waals surface area contributed by atoms with Crippen LogP contribution in [0.3, 0.4) is 0 Å². The number of amides is 2. The van der Waals surface area contributed by atoms with Gasteiger partial charge in [-0.3, -0.25) is 9.59 Å². The van der Waals surface area contributed by atoms with Gasteiger partial charge in [-0.2, -0.15) is 0 Å². The monoisotopic (exact) mass is 496 g/mol. The first kappa shape index (κ1) is 25.8. The second-order valence-corrected chi connectivity index (χ2v) is 9.27. The Labute approximate surface area is 211 Å². The first-order valence-corrected chi connectivity index (χ1v) is 12.2. The largest absolute Gasteiger partial charge is 0.352 e. The second kappa shape index (κ2) is 12.6. The van der Waals surface area contributed by atoms with Gasteiger partial charge in [-0.1, -0.05) is 96.9 Å². The number of rotatable bonds is 10. The minimum Gasteiger partial charge on any atom is -0.352 e. The fourth-order valence-electron chi connectivity index (χ4n) is 3.70. The molecule has 0 spiro atoms. The van der Waals surface area contributed by atoms with Crippen LogP contribution in [0.25, 0.3) is 0 Å². The van der Waals surface area contributed by atoms with Crippen LogP contribution >= 0.6 is 23.2 Å². The van der Waals surface area contributed by atoms with Crippen LogP contribution in [0.4, 0.5) is 0 Å². The summed E-state index contributed by atoms with van der Waals surface area (Å²) in [7, 11) is 0. The van der Waals surface area contributed by atoms with Gasteiger partial charge in [0.05, 0.1) is 16.5 Å². The molecule has 2 unspecified atom stereocenters. The van der Waals surface area contributed by atoms with E-state index < -0.39 is 6.04 Å². The van der Waals surface area contributed by atoms with Crippen LogP contribution in [0, 0.1) is 0 Å². The van der Waals surface area contributed by atoms with E-state index in [-0.39, 0.29) is 24.3 Å². The summed E-state index contributed by atoms with van der Waals surface area (Å²) in [4.78, 5) is 28.8. The van der Waals surface area contributed by atoms with Crippen molar-refractivity contribution in [2.75, 3.05) is 0 Å². The van der Waals surface area contributed by atoms with E-state index in [0.29, 0.717) is 23.0 Å². The SMILES string of the molecule is CCC(C)NC(=O)C(Cc1ccccc1)N(Cc1ccccc1)C(=O)Cc1ccc(Cl)c(Cl)c1. The summed E-state index contributed by atoms with van der Waals surface area (Å²) in [5.74, 6) is -0.306. The molecule has 2 atom stereocenters. The Morgan fingerprint density at radius 2 is 1.47 bits per heavy atom. The molecule has 3 rings (SSSR count). The summed E-state index contributed by atoms with van der Waals surface area (Å²) in [5.41, 5.74) is 2.70. The van der Waals surface area contributed by atoms with Crippen molar-refractivity contribution in [2.24, 2.45) is 0 Å². The second-order valence-electron chi connectivity index (χ2n) is 8.46. The van der Waals surface area contributed by atoms with Crippen LogP contribution in [-0.2, 0) is 29.0 Å². The van der Waals surface area contributed by atoms with Crippen LogP contribution in [0.2, 0.25) is 10.0 Å². The molecular formula is C28H30Cl2N2O2. The molecule has 0 heterocycles. The number of hydrogen-bond donors (Lipinski definition) is 1. The molecule has 0 aliphatic rings. The molecule has 0 aromatic heterocycles. The smallest absolute Gasteiger partial charge is 0.243 e. The zero-order chi connectivity index (χ0) is 24.5. The Morgan fingerprint density at radius 3 is 2.06 bits per heavy atom. The highest BCUT2D eigenvalue weighted by atomic mass is 35.5. The Morgan fingerprint density at radius 1 is 0.853 bits per heavy atom. The van der Waals surface area contributed by atoms with Crippen molar-refractivity contribution in [2.45, 2.75) is 51.7 Å². The maximum atomic E-state index is 13.7. The molecule has 0 aliphatic carbocycles. The molecule has 0 saturated carbocycles. The van der Waals surface area contributed by atoms with E-state index in [2.05, 4.69) is 5.32 Å². The van der Waals surface area contributed by atoms with Crippen LogP contribution in [0.1, 0.15) is 37.0 Å². The van der Waals surface area contributed by atoms with E-state index in [1.54, 1.807) is 23.1 Å². The van der Waals surface area contributed by atoms with E-state index in [0.717, 1.165) is 23.1 Å². The van der Waals surface area contributed by atoms with E-state index in [1.807, 2.05) is 74.5 Å². The summed E-state index contributed by atoms with van der Waals surface area (Å²) < 4.78 is 0. The summed E-state index contributed by atoms with van der Waals surface area (Å²) in [6.45, 7) is 4.32. The number of halogens is 2. The average molecular weight is 497 g/mol. The minimum atomic E-state index is -0.660. The fraction of sp³-hybridized carbons (Fsp3) is 0.286. The molecule has 3 aromatic rings.